The Balaban J connectivity index is 1.68. The maximum atomic E-state index is 12.2. The molecule has 3 aromatic rings. The summed E-state index contributed by atoms with van der Waals surface area (Å²) in [5.74, 6) is 0.756. The van der Waals surface area contributed by atoms with E-state index in [2.05, 4.69) is 15.5 Å². The lowest BCUT2D eigenvalue weighted by molar-refractivity contribution is -0.113. The van der Waals surface area contributed by atoms with E-state index in [0.29, 0.717) is 20.9 Å². The van der Waals surface area contributed by atoms with Gasteiger partial charge in [0.2, 0.25) is 5.91 Å². The highest BCUT2D eigenvalue weighted by atomic mass is 35.5. The van der Waals surface area contributed by atoms with Crippen LogP contribution < -0.4 is 5.32 Å². The number of amides is 1. The topological polar surface area (TPSA) is 59.8 Å². The predicted octanol–water partition coefficient (Wildman–Crippen LogP) is 4.83. The average molecular weight is 407 g/mol. The molecule has 26 heavy (non-hydrogen) atoms. The van der Waals surface area contributed by atoms with E-state index in [1.54, 1.807) is 18.2 Å². The van der Waals surface area contributed by atoms with Gasteiger partial charge in [-0.15, -0.1) is 10.2 Å². The van der Waals surface area contributed by atoms with E-state index < -0.39 is 0 Å². The van der Waals surface area contributed by atoms with Crippen LogP contribution >= 0.6 is 35.0 Å². The quantitative estimate of drug-likeness (QED) is 0.616. The summed E-state index contributed by atoms with van der Waals surface area (Å²) in [6.07, 6.45) is 0. The van der Waals surface area contributed by atoms with Crippen molar-refractivity contribution in [3.63, 3.8) is 0 Å². The van der Waals surface area contributed by atoms with Crippen LogP contribution in [0.2, 0.25) is 10.0 Å². The molecule has 0 aliphatic heterocycles. The summed E-state index contributed by atoms with van der Waals surface area (Å²) in [6.45, 7) is 2.03. The Labute approximate surface area is 165 Å². The van der Waals surface area contributed by atoms with Crippen molar-refractivity contribution >= 4 is 46.6 Å². The number of thioether (sulfide) groups is 1. The maximum absolute atomic E-state index is 12.2. The highest BCUT2D eigenvalue weighted by Crippen LogP contribution is 2.27. The summed E-state index contributed by atoms with van der Waals surface area (Å²) < 4.78 is 1.88. The van der Waals surface area contributed by atoms with Gasteiger partial charge in [-0.2, -0.15) is 0 Å². The van der Waals surface area contributed by atoms with Crippen molar-refractivity contribution in [3.8, 4) is 11.4 Å². The minimum Gasteiger partial charge on any atom is -0.324 e. The van der Waals surface area contributed by atoms with Gasteiger partial charge in [0.05, 0.1) is 16.5 Å². The lowest BCUT2D eigenvalue weighted by atomic mass is 10.1. The maximum Gasteiger partial charge on any atom is 0.234 e. The number of nitrogens with zero attached hydrogens (tertiary/aromatic N) is 3. The molecule has 1 N–H and O–H groups in total. The molecule has 3 rings (SSSR count). The number of hydrogen-bond donors (Lipinski definition) is 1. The largest absolute Gasteiger partial charge is 0.324 e. The molecule has 134 valence electrons. The second kappa shape index (κ2) is 8.12. The summed E-state index contributed by atoms with van der Waals surface area (Å²) in [7, 11) is 1.88. The van der Waals surface area contributed by atoms with Crippen LogP contribution in [0.25, 0.3) is 11.4 Å². The molecule has 0 saturated heterocycles. The number of nitrogens with one attached hydrogen (secondary N) is 1. The minimum absolute atomic E-state index is 0.183. The molecule has 0 fully saturated rings. The van der Waals surface area contributed by atoms with E-state index in [9.17, 15) is 4.79 Å². The molecular weight excluding hydrogens is 391 g/mol. The van der Waals surface area contributed by atoms with E-state index >= 15 is 0 Å². The number of halogens is 2. The first-order valence-corrected chi connectivity index (χ1v) is 9.53. The van der Waals surface area contributed by atoms with Crippen LogP contribution in [0.3, 0.4) is 0 Å². The van der Waals surface area contributed by atoms with Gasteiger partial charge in [0.1, 0.15) is 0 Å². The Morgan fingerprint density at radius 1 is 1.19 bits per heavy atom. The zero-order chi connectivity index (χ0) is 18.7. The fraction of sp³-hybridized carbons (Fsp3) is 0.167. The van der Waals surface area contributed by atoms with Crippen LogP contribution in [0.5, 0.6) is 0 Å². The molecule has 1 heterocycles. The molecule has 0 saturated carbocycles. The summed E-state index contributed by atoms with van der Waals surface area (Å²) in [5.41, 5.74) is 2.63. The van der Waals surface area contributed by atoms with Crippen LogP contribution in [-0.4, -0.2) is 26.4 Å². The van der Waals surface area contributed by atoms with Crippen molar-refractivity contribution in [1.29, 1.82) is 0 Å². The van der Waals surface area contributed by atoms with Gasteiger partial charge in [-0.05, 0) is 30.7 Å². The van der Waals surface area contributed by atoms with E-state index in [4.69, 9.17) is 23.2 Å². The van der Waals surface area contributed by atoms with Crippen LogP contribution in [0.1, 0.15) is 5.56 Å². The molecule has 0 unspecified atom stereocenters. The van der Waals surface area contributed by atoms with Crippen molar-refractivity contribution in [2.75, 3.05) is 11.1 Å². The first-order chi connectivity index (χ1) is 12.5. The fourth-order valence-electron chi connectivity index (χ4n) is 2.41. The third kappa shape index (κ3) is 4.20. The zero-order valence-electron chi connectivity index (χ0n) is 14.2. The monoisotopic (exact) mass is 406 g/mol. The van der Waals surface area contributed by atoms with Gasteiger partial charge < -0.3 is 9.88 Å². The number of carbonyl (C=O) groups is 1. The van der Waals surface area contributed by atoms with Crippen LogP contribution in [0.4, 0.5) is 5.69 Å². The first-order valence-electron chi connectivity index (χ1n) is 7.79. The third-order valence-corrected chi connectivity index (χ3v) is 5.34. The SMILES string of the molecule is Cc1ccccc1-c1nnc(SCC(=O)Nc2cc(Cl)ccc2Cl)n1C. The Bertz CT molecular complexity index is 958. The van der Waals surface area contributed by atoms with Gasteiger partial charge >= 0.3 is 0 Å². The second-order valence-corrected chi connectivity index (χ2v) is 7.43. The van der Waals surface area contributed by atoms with Crippen molar-refractivity contribution in [3.05, 3.63) is 58.1 Å². The molecule has 0 spiro atoms. The Morgan fingerprint density at radius 2 is 1.96 bits per heavy atom. The summed E-state index contributed by atoms with van der Waals surface area (Å²) >= 11 is 13.3. The van der Waals surface area contributed by atoms with Crippen LogP contribution in [0, 0.1) is 6.92 Å². The molecule has 1 amide bonds. The number of benzene rings is 2. The van der Waals surface area contributed by atoms with E-state index in [1.807, 2.05) is 42.8 Å². The molecule has 1 aromatic heterocycles. The Hall–Kier alpha value is -2.02. The van der Waals surface area contributed by atoms with E-state index in [0.717, 1.165) is 17.0 Å². The number of aromatic nitrogens is 3. The Morgan fingerprint density at radius 3 is 2.73 bits per heavy atom. The smallest absolute Gasteiger partial charge is 0.234 e. The van der Waals surface area contributed by atoms with Gasteiger partial charge in [-0.3, -0.25) is 4.79 Å². The zero-order valence-corrected chi connectivity index (χ0v) is 16.5. The standard InChI is InChI=1S/C18H16Cl2N4OS/c1-11-5-3-4-6-13(11)17-22-23-18(24(17)2)26-10-16(25)21-15-9-12(19)7-8-14(15)20/h3-9H,10H2,1-2H3,(H,21,25). The number of rotatable bonds is 5. The molecule has 0 aliphatic carbocycles. The lowest BCUT2D eigenvalue weighted by Crippen LogP contribution is -2.14. The van der Waals surface area contributed by atoms with Crippen LogP contribution in [0.15, 0.2) is 47.6 Å². The second-order valence-electron chi connectivity index (χ2n) is 5.64. The van der Waals surface area contributed by atoms with Gasteiger partial charge in [-0.1, -0.05) is 59.2 Å². The molecule has 0 radical (unpaired) electrons. The van der Waals surface area contributed by atoms with Gasteiger partial charge in [-0.25, -0.2) is 0 Å². The van der Waals surface area contributed by atoms with Crippen LogP contribution in [-0.2, 0) is 11.8 Å². The molecule has 5 nitrogen and oxygen atoms in total. The van der Waals surface area contributed by atoms with Gasteiger partial charge in [0, 0.05) is 17.6 Å². The van der Waals surface area contributed by atoms with E-state index in [1.165, 1.54) is 11.8 Å². The predicted molar refractivity (Wildman–Crippen MR) is 107 cm³/mol. The summed E-state index contributed by atoms with van der Waals surface area (Å²) in [6, 6.07) is 12.9. The average Bonchev–Trinajstić information content (AvgIpc) is 2.97. The number of carbonyl (C=O) groups excluding carboxylic acids is 1. The van der Waals surface area contributed by atoms with Gasteiger partial charge in [0.15, 0.2) is 11.0 Å². The molecular formula is C18H16Cl2N4OS. The highest BCUT2D eigenvalue weighted by Gasteiger charge is 2.14. The van der Waals surface area contributed by atoms with Crippen molar-refractivity contribution in [1.82, 2.24) is 14.8 Å². The first kappa shape index (κ1) is 18.8. The van der Waals surface area contributed by atoms with Crippen molar-refractivity contribution < 1.29 is 4.79 Å². The highest BCUT2D eigenvalue weighted by molar-refractivity contribution is 7.99. The Kier molecular flexibility index (Phi) is 5.86. The fourth-order valence-corrected chi connectivity index (χ4v) is 3.46. The third-order valence-electron chi connectivity index (χ3n) is 3.76. The minimum atomic E-state index is -0.195. The molecule has 8 heteroatoms. The molecule has 0 bridgehead atoms. The molecule has 2 aromatic carbocycles. The lowest BCUT2D eigenvalue weighted by Gasteiger charge is -2.08. The van der Waals surface area contributed by atoms with Crippen molar-refractivity contribution in [2.24, 2.45) is 7.05 Å². The van der Waals surface area contributed by atoms with Crippen molar-refractivity contribution in [2.45, 2.75) is 12.1 Å². The normalized spacial score (nSPS) is 10.8. The molecule has 0 atom stereocenters. The number of hydrogen-bond acceptors (Lipinski definition) is 4. The summed E-state index contributed by atoms with van der Waals surface area (Å²) in [4.78, 5) is 12.2. The van der Waals surface area contributed by atoms with Gasteiger partial charge in [0.25, 0.3) is 0 Å². The molecule has 0 aliphatic rings. The number of aryl methyl sites for hydroxylation is 1. The van der Waals surface area contributed by atoms with E-state index in [-0.39, 0.29) is 11.7 Å². The summed E-state index contributed by atoms with van der Waals surface area (Å²) in [5, 5.41) is 12.8. The number of anilines is 1.